The van der Waals surface area contributed by atoms with Crippen molar-refractivity contribution < 1.29 is 0 Å². The van der Waals surface area contributed by atoms with Crippen LogP contribution in [0.5, 0.6) is 0 Å². The molecular weight excluding hydrogens is 350 g/mol. The number of guanidine groups is 1. The summed E-state index contributed by atoms with van der Waals surface area (Å²) < 4.78 is 3.93. The summed E-state index contributed by atoms with van der Waals surface area (Å²) in [4.78, 5) is 4.77. The number of rotatable bonds is 8. The molecule has 1 aromatic carbocycles. The van der Waals surface area contributed by atoms with Crippen LogP contribution in [0.2, 0.25) is 0 Å². The van der Waals surface area contributed by atoms with Gasteiger partial charge in [0.15, 0.2) is 5.96 Å². The van der Waals surface area contributed by atoms with Gasteiger partial charge in [-0.15, -0.1) is 0 Å². The van der Waals surface area contributed by atoms with Crippen LogP contribution in [0.1, 0.15) is 30.3 Å². The summed E-state index contributed by atoms with van der Waals surface area (Å²) in [7, 11) is 0. The SMILES string of the molecule is CCNC(=NCc1c(C)nn(-c2ccccc2)c1C)NCCCn1cccn1. The Balaban J connectivity index is 1.63. The van der Waals surface area contributed by atoms with Gasteiger partial charge in [-0.25, -0.2) is 9.67 Å². The monoisotopic (exact) mass is 379 g/mol. The van der Waals surface area contributed by atoms with Crippen molar-refractivity contribution in [2.75, 3.05) is 13.1 Å². The smallest absolute Gasteiger partial charge is 0.191 e. The van der Waals surface area contributed by atoms with Crippen LogP contribution in [0, 0.1) is 13.8 Å². The molecule has 0 amide bonds. The van der Waals surface area contributed by atoms with Crippen LogP contribution < -0.4 is 10.6 Å². The summed E-state index contributed by atoms with van der Waals surface area (Å²) in [6, 6.07) is 12.1. The summed E-state index contributed by atoms with van der Waals surface area (Å²) in [6.07, 6.45) is 4.77. The highest BCUT2D eigenvalue weighted by Gasteiger charge is 2.12. The van der Waals surface area contributed by atoms with E-state index in [0.29, 0.717) is 6.54 Å². The maximum absolute atomic E-state index is 4.77. The second kappa shape index (κ2) is 9.73. The van der Waals surface area contributed by atoms with Gasteiger partial charge in [0, 0.05) is 43.3 Å². The molecule has 0 saturated carbocycles. The first-order valence-corrected chi connectivity index (χ1v) is 9.79. The van der Waals surface area contributed by atoms with Crippen molar-refractivity contribution in [3.8, 4) is 5.69 Å². The van der Waals surface area contributed by atoms with Gasteiger partial charge in [-0.05, 0) is 45.4 Å². The minimum Gasteiger partial charge on any atom is -0.357 e. The molecule has 2 aromatic heterocycles. The predicted octanol–water partition coefficient (Wildman–Crippen LogP) is 2.83. The molecule has 0 atom stereocenters. The Morgan fingerprint density at radius 1 is 1.11 bits per heavy atom. The lowest BCUT2D eigenvalue weighted by Gasteiger charge is -2.11. The first kappa shape index (κ1) is 19.7. The van der Waals surface area contributed by atoms with Gasteiger partial charge in [0.25, 0.3) is 0 Å². The molecular formula is C21H29N7. The third-order valence-electron chi connectivity index (χ3n) is 4.60. The molecule has 148 valence electrons. The van der Waals surface area contributed by atoms with Crippen LogP contribution in [0.3, 0.4) is 0 Å². The number of nitrogens with zero attached hydrogens (tertiary/aromatic N) is 5. The fraction of sp³-hybridized carbons (Fsp3) is 0.381. The number of para-hydroxylation sites is 1. The number of hydrogen-bond acceptors (Lipinski definition) is 3. The molecule has 0 fully saturated rings. The topological polar surface area (TPSA) is 72.1 Å². The lowest BCUT2D eigenvalue weighted by Crippen LogP contribution is -2.38. The lowest BCUT2D eigenvalue weighted by molar-refractivity contribution is 0.570. The van der Waals surface area contributed by atoms with E-state index in [4.69, 9.17) is 10.1 Å². The van der Waals surface area contributed by atoms with Crippen molar-refractivity contribution in [3.05, 3.63) is 65.7 Å². The Morgan fingerprint density at radius 2 is 1.93 bits per heavy atom. The molecule has 3 aromatic rings. The maximum atomic E-state index is 4.77. The number of aryl methyl sites for hydroxylation is 2. The van der Waals surface area contributed by atoms with Gasteiger partial charge in [-0.1, -0.05) is 18.2 Å². The molecule has 0 aliphatic heterocycles. The zero-order chi connectivity index (χ0) is 19.8. The molecule has 0 spiro atoms. The van der Waals surface area contributed by atoms with Crippen LogP contribution in [0.15, 0.2) is 53.8 Å². The van der Waals surface area contributed by atoms with E-state index < -0.39 is 0 Å². The number of benzene rings is 1. The standard InChI is InChI=1S/C21H29N7/c1-4-22-21(23-12-8-14-27-15-9-13-25-27)24-16-20-17(2)26-28(18(20)3)19-10-6-5-7-11-19/h5-7,9-11,13,15H,4,8,12,14,16H2,1-3H3,(H2,22,23,24). The van der Waals surface area contributed by atoms with Gasteiger partial charge in [0.05, 0.1) is 17.9 Å². The van der Waals surface area contributed by atoms with Crippen molar-refractivity contribution >= 4 is 5.96 Å². The number of aliphatic imine (C=N–C) groups is 1. The molecule has 2 N–H and O–H groups in total. The number of hydrogen-bond donors (Lipinski definition) is 2. The molecule has 0 aliphatic rings. The van der Waals surface area contributed by atoms with Gasteiger partial charge in [-0.3, -0.25) is 4.68 Å². The van der Waals surface area contributed by atoms with Crippen LogP contribution in [0.4, 0.5) is 0 Å². The number of aromatic nitrogens is 4. The van der Waals surface area contributed by atoms with E-state index in [1.54, 1.807) is 6.20 Å². The zero-order valence-electron chi connectivity index (χ0n) is 16.9. The second-order valence-corrected chi connectivity index (χ2v) is 6.64. The second-order valence-electron chi connectivity index (χ2n) is 6.64. The van der Waals surface area contributed by atoms with E-state index >= 15 is 0 Å². The summed E-state index contributed by atoms with van der Waals surface area (Å²) in [6.45, 7) is 9.37. The highest BCUT2D eigenvalue weighted by molar-refractivity contribution is 5.79. The van der Waals surface area contributed by atoms with Crippen LogP contribution in [0.25, 0.3) is 5.69 Å². The third-order valence-corrected chi connectivity index (χ3v) is 4.60. The molecule has 3 rings (SSSR count). The van der Waals surface area contributed by atoms with E-state index in [1.165, 1.54) is 0 Å². The maximum Gasteiger partial charge on any atom is 0.191 e. The van der Waals surface area contributed by atoms with Gasteiger partial charge in [0.1, 0.15) is 0 Å². The molecule has 7 nitrogen and oxygen atoms in total. The zero-order valence-corrected chi connectivity index (χ0v) is 16.9. The summed E-state index contributed by atoms with van der Waals surface area (Å²) in [5.41, 5.74) is 4.38. The molecule has 0 unspecified atom stereocenters. The Labute approximate surface area is 166 Å². The lowest BCUT2D eigenvalue weighted by atomic mass is 10.2. The summed E-state index contributed by atoms with van der Waals surface area (Å²) in [5, 5.41) is 15.6. The van der Waals surface area contributed by atoms with E-state index in [2.05, 4.69) is 41.7 Å². The molecule has 2 heterocycles. The highest BCUT2D eigenvalue weighted by Crippen LogP contribution is 2.18. The Hall–Kier alpha value is -3.09. The van der Waals surface area contributed by atoms with Gasteiger partial charge >= 0.3 is 0 Å². The quantitative estimate of drug-likeness (QED) is 0.359. The van der Waals surface area contributed by atoms with Gasteiger partial charge in [0.2, 0.25) is 0 Å². The first-order valence-electron chi connectivity index (χ1n) is 9.79. The van der Waals surface area contributed by atoms with Crippen molar-refractivity contribution in [1.82, 2.24) is 30.2 Å². The fourth-order valence-electron chi connectivity index (χ4n) is 3.10. The summed E-state index contributed by atoms with van der Waals surface area (Å²) >= 11 is 0. The number of nitrogens with one attached hydrogen (secondary N) is 2. The predicted molar refractivity (Wildman–Crippen MR) is 113 cm³/mol. The highest BCUT2D eigenvalue weighted by atomic mass is 15.3. The normalized spacial score (nSPS) is 11.6. The minimum absolute atomic E-state index is 0.596. The Morgan fingerprint density at radius 3 is 2.64 bits per heavy atom. The Bertz CT molecular complexity index is 879. The van der Waals surface area contributed by atoms with Crippen LogP contribution in [-0.4, -0.2) is 38.6 Å². The molecule has 7 heteroatoms. The van der Waals surface area contributed by atoms with E-state index in [-0.39, 0.29) is 0 Å². The van der Waals surface area contributed by atoms with E-state index in [0.717, 1.165) is 54.7 Å². The van der Waals surface area contributed by atoms with Crippen molar-refractivity contribution in [2.24, 2.45) is 4.99 Å². The molecule has 0 saturated heterocycles. The largest absolute Gasteiger partial charge is 0.357 e. The summed E-state index contributed by atoms with van der Waals surface area (Å²) in [5.74, 6) is 0.828. The molecule has 28 heavy (non-hydrogen) atoms. The molecule has 0 bridgehead atoms. The Kier molecular flexibility index (Phi) is 6.84. The minimum atomic E-state index is 0.596. The average molecular weight is 380 g/mol. The fourth-order valence-corrected chi connectivity index (χ4v) is 3.10. The van der Waals surface area contributed by atoms with Crippen molar-refractivity contribution in [1.29, 1.82) is 0 Å². The first-order chi connectivity index (χ1) is 13.7. The van der Waals surface area contributed by atoms with Crippen molar-refractivity contribution in [2.45, 2.75) is 40.3 Å². The van der Waals surface area contributed by atoms with Crippen LogP contribution in [-0.2, 0) is 13.1 Å². The average Bonchev–Trinajstić information content (AvgIpc) is 3.32. The van der Waals surface area contributed by atoms with Gasteiger partial charge in [-0.2, -0.15) is 10.2 Å². The van der Waals surface area contributed by atoms with Crippen LogP contribution >= 0.6 is 0 Å². The van der Waals surface area contributed by atoms with E-state index in [9.17, 15) is 0 Å². The third kappa shape index (κ3) is 5.00. The van der Waals surface area contributed by atoms with Crippen molar-refractivity contribution in [3.63, 3.8) is 0 Å². The molecule has 0 radical (unpaired) electrons. The van der Waals surface area contributed by atoms with E-state index in [1.807, 2.05) is 46.7 Å². The molecule has 0 aliphatic carbocycles. The van der Waals surface area contributed by atoms with Gasteiger partial charge < -0.3 is 10.6 Å².